The lowest BCUT2D eigenvalue weighted by Crippen LogP contribution is -2.41. The third kappa shape index (κ3) is 5.57. The first-order valence-corrected chi connectivity index (χ1v) is 6.71. The fourth-order valence-electron chi connectivity index (χ4n) is 1.55. The minimum atomic E-state index is -2.21. The van der Waals surface area contributed by atoms with Crippen molar-refractivity contribution in [3.8, 4) is 0 Å². The van der Waals surface area contributed by atoms with Crippen molar-refractivity contribution in [2.24, 2.45) is 0 Å². The number of hydrogen-bond donors (Lipinski definition) is 2. The molecule has 1 aromatic carbocycles. The Hall–Kier alpha value is -1.85. The van der Waals surface area contributed by atoms with Crippen molar-refractivity contribution in [2.45, 2.75) is 32.0 Å². The Morgan fingerprint density at radius 2 is 1.90 bits per heavy atom. The largest absolute Gasteiger partial charge is 0.481 e. The number of ether oxygens (including phenoxy) is 1. The minimum absolute atomic E-state index is 0.457. The first-order valence-electron chi connectivity index (χ1n) is 6.33. The molecule has 0 bridgehead atoms. The molecule has 0 radical (unpaired) electrons. The van der Waals surface area contributed by atoms with Crippen LogP contribution in [0.4, 0.5) is 0 Å². The van der Waals surface area contributed by atoms with Crippen molar-refractivity contribution >= 4 is 29.6 Å². The van der Waals surface area contributed by atoms with Gasteiger partial charge in [-0.2, -0.15) is 0 Å². The lowest BCUT2D eigenvalue weighted by molar-refractivity contribution is -0.169. The lowest BCUT2D eigenvalue weighted by Gasteiger charge is -2.22. The van der Waals surface area contributed by atoms with Crippen molar-refractivity contribution in [3.05, 3.63) is 40.9 Å². The molecule has 1 aromatic rings. The van der Waals surface area contributed by atoms with Gasteiger partial charge < -0.3 is 14.9 Å². The van der Waals surface area contributed by atoms with E-state index in [4.69, 9.17) is 21.4 Å². The molecule has 6 heteroatoms. The Bertz CT molecular complexity index is 535. The molecular formula is C15H17ClO5. The van der Waals surface area contributed by atoms with Gasteiger partial charge in [0.15, 0.2) is 5.60 Å². The summed E-state index contributed by atoms with van der Waals surface area (Å²) < 4.78 is 4.90. The lowest BCUT2D eigenvalue weighted by atomic mass is 9.98. The third-order valence-electron chi connectivity index (χ3n) is 2.54. The molecule has 114 valence electrons. The van der Waals surface area contributed by atoms with Gasteiger partial charge in [0.2, 0.25) is 0 Å². The summed E-state index contributed by atoms with van der Waals surface area (Å²) >= 11 is 5.75. The van der Waals surface area contributed by atoms with Gasteiger partial charge in [0.1, 0.15) is 0 Å². The van der Waals surface area contributed by atoms with Crippen molar-refractivity contribution < 1.29 is 24.5 Å². The van der Waals surface area contributed by atoms with E-state index in [2.05, 4.69) is 0 Å². The number of esters is 1. The first-order chi connectivity index (χ1) is 9.73. The molecule has 1 atom stereocenters. The average Bonchev–Trinajstić information content (AvgIpc) is 2.36. The predicted octanol–water partition coefficient (Wildman–Crippen LogP) is 2.51. The van der Waals surface area contributed by atoms with Crippen LogP contribution in [0.2, 0.25) is 5.02 Å². The van der Waals surface area contributed by atoms with Crippen LogP contribution in [0.3, 0.4) is 0 Å². The summed E-state index contributed by atoms with van der Waals surface area (Å²) in [7, 11) is 0. The Kier molecular flexibility index (Phi) is 5.93. The Labute approximate surface area is 127 Å². The van der Waals surface area contributed by atoms with E-state index in [1.165, 1.54) is 6.08 Å². The highest BCUT2D eigenvalue weighted by Crippen LogP contribution is 2.19. The predicted molar refractivity (Wildman–Crippen MR) is 78.9 cm³/mol. The van der Waals surface area contributed by atoms with Gasteiger partial charge >= 0.3 is 11.9 Å². The first kappa shape index (κ1) is 17.2. The number of carboxylic acid groups (broad SMARTS) is 1. The van der Waals surface area contributed by atoms with E-state index in [9.17, 15) is 14.7 Å². The molecule has 0 aliphatic rings. The molecule has 0 amide bonds. The van der Waals surface area contributed by atoms with Crippen LogP contribution in [0.25, 0.3) is 6.08 Å². The molecule has 1 unspecified atom stereocenters. The summed E-state index contributed by atoms with van der Waals surface area (Å²) in [6, 6.07) is 6.63. The van der Waals surface area contributed by atoms with Crippen LogP contribution < -0.4 is 0 Å². The maximum atomic E-state index is 11.9. The topological polar surface area (TPSA) is 83.8 Å². The maximum Gasteiger partial charge on any atom is 0.343 e. The molecule has 0 aliphatic heterocycles. The number of aliphatic carboxylic acids is 1. The summed E-state index contributed by atoms with van der Waals surface area (Å²) in [6.07, 6.45) is 1.33. The average molecular weight is 313 g/mol. The van der Waals surface area contributed by atoms with E-state index in [1.54, 1.807) is 38.1 Å². The van der Waals surface area contributed by atoms with Crippen LogP contribution in [0, 0.1) is 0 Å². The van der Waals surface area contributed by atoms with Gasteiger partial charge in [-0.15, -0.1) is 0 Å². The van der Waals surface area contributed by atoms with E-state index >= 15 is 0 Å². The number of carboxylic acids is 1. The second-order valence-electron chi connectivity index (χ2n) is 4.83. The van der Waals surface area contributed by atoms with Gasteiger partial charge in [0.05, 0.1) is 12.5 Å². The standard InChI is InChI=1S/C15H17ClO5/c1-10(2)21-14(19)15(20,9-13(17)18)8-7-11-3-5-12(16)6-4-11/h3-8,10,20H,9H2,1-2H3,(H,17,18)/b8-7+. The van der Waals surface area contributed by atoms with E-state index in [0.717, 1.165) is 6.08 Å². The Morgan fingerprint density at radius 1 is 1.33 bits per heavy atom. The Morgan fingerprint density at radius 3 is 2.38 bits per heavy atom. The summed E-state index contributed by atoms with van der Waals surface area (Å²) in [6.45, 7) is 3.23. The van der Waals surface area contributed by atoms with Crippen LogP contribution in [-0.2, 0) is 14.3 Å². The molecule has 0 saturated carbocycles. The van der Waals surface area contributed by atoms with E-state index in [1.807, 2.05) is 0 Å². The second-order valence-corrected chi connectivity index (χ2v) is 5.27. The third-order valence-corrected chi connectivity index (χ3v) is 2.79. The van der Waals surface area contributed by atoms with E-state index < -0.39 is 30.1 Å². The van der Waals surface area contributed by atoms with Gasteiger partial charge in [-0.05, 0) is 37.6 Å². The maximum absolute atomic E-state index is 11.9. The number of carbonyl (C=O) groups is 2. The van der Waals surface area contributed by atoms with Crippen molar-refractivity contribution in [3.63, 3.8) is 0 Å². The zero-order chi connectivity index (χ0) is 16.0. The van der Waals surface area contributed by atoms with Gasteiger partial charge in [-0.3, -0.25) is 4.79 Å². The van der Waals surface area contributed by atoms with Crippen LogP contribution in [0.5, 0.6) is 0 Å². The summed E-state index contributed by atoms with van der Waals surface area (Å²) in [4.78, 5) is 22.7. The fraction of sp³-hybridized carbons (Fsp3) is 0.333. The Balaban J connectivity index is 2.98. The monoisotopic (exact) mass is 312 g/mol. The van der Waals surface area contributed by atoms with Crippen LogP contribution >= 0.6 is 11.6 Å². The summed E-state index contributed by atoms with van der Waals surface area (Å²) in [5, 5.41) is 19.6. The summed E-state index contributed by atoms with van der Waals surface area (Å²) in [5.74, 6) is -2.30. The molecule has 5 nitrogen and oxygen atoms in total. The molecule has 2 N–H and O–H groups in total. The molecule has 0 spiro atoms. The normalized spacial score (nSPS) is 14.1. The zero-order valence-electron chi connectivity index (χ0n) is 11.7. The number of hydrogen-bond acceptors (Lipinski definition) is 4. The molecule has 1 rings (SSSR count). The molecular weight excluding hydrogens is 296 g/mol. The van der Waals surface area contributed by atoms with Gasteiger partial charge in [0.25, 0.3) is 0 Å². The van der Waals surface area contributed by atoms with E-state index in [-0.39, 0.29) is 0 Å². The molecule has 0 aromatic heterocycles. The second kappa shape index (κ2) is 7.24. The number of benzene rings is 1. The zero-order valence-corrected chi connectivity index (χ0v) is 12.5. The fourth-order valence-corrected chi connectivity index (χ4v) is 1.68. The highest BCUT2D eigenvalue weighted by molar-refractivity contribution is 6.30. The van der Waals surface area contributed by atoms with Gasteiger partial charge in [0, 0.05) is 5.02 Å². The quantitative estimate of drug-likeness (QED) is 0.788. The van der Waals surface area contributed by atoms with Crippen LogP contribution in [0.1, 0.15) is 25.8 Å². The van der Waals surface area contributed by atoms with Crippen LogP contribution in [-0.4, -0.2) is 33.9 Å². The number of rotatable bonds is 6. The molecule has 0 aliphatic carbocycles. The number of halogens is 1. The van der Waals surface area contributed by atoms with Crippen molar-refractivity contribution in [2.75, 3.05) is 0 Å². The molecule has 0 fully saturated rings. The van der Waals surface area contributed by atoms with Crippen molar-refractivity contribution in [1.29, 1.82) is 0 Å². The van der Waals surface area contributed by atoms with Crippen molar-refractivity contribution in [1.82, 2.24) is 0 Å². The smallest absolute Gasteiger partial charge is 0.343 e. The summed E-state index contributed by atoms with van der Waals surface area (Å²) in [5.41, 5.74) is -1.55. The highest BCUT2D eigenvalue weighted by Gasteiger charge is 2.38. The molecule has 0 heterocycles. The SMILES string of the molecule is CC(C)OC(=O)C(O)(/C=C/c1ccc(Cl)cc1)CC(=O)O. The van der Waals surface area contributed by atoms with E-state index in [0.29, 0.717) is 10.6 Å². The minimum Gasteiger partial charge on any atom is -0.481 e. The molecule has 0 saturated heterocycles. The van der Waals surface area contributed by atoms with Crippen LogP contribution in [0.15, 0.2) is 30.3 Å². The van der Waals surface area contributed by atoms with Gasteiger partial charge in [-0.25, -0.2) is 4.79 Å². The highest BCUT2D eigenvalue weighted by atomic mass is 35.5. The van der Waals surface area contributed by atoms with Gasteiger partial charge in [-0.1, -0.05) is 29.8 Å². The number of aliphatic hydroxyl groups is 1. The number of carbonyl (C=O) groups excluding carboxylic acids is 1. The molecule has 21 heavy (non-hydrogen) atoms.